The second-order valence-corrected chi connectivity index (χ2v) is 7.27. The summed E-state index contributed by atoms with van der Waals surface area (Å²) in [6, 6.07) is 5.78. The smallest absolute Gasteiger partial charge is 0.327 e. The molecule has 1 aromatic rings. The molecule has 3 rings (SSSR count). The molecule has 0 spiro atoms. The van der Waals surface area contributed by atoms with Crippen molar-refractivity contribution in [3.63, 3.8) is 0 Å². The summed E-state index contributed by atoms with van der Waals surface area (Å²) >= 11 is 0. The molecule has 8 heteroatoms. The van der Waals surface area contributed by atoms with Crippen LogP contribution in [0.3, 0.4) is 0 Å². The number of rotatable bonds is 6. The Morgan fingerprint density at radius 1 is 1.22 bits per heavy atom. The van der Waals surface area contributed by atoms with Crippen molar-refractivity contribution in [2.75, 3.05) is 6.54 Å². The molecule has 4 amide bonds. The fraction of sp³-hybridized carbons (Fsp3) is 0.474. The van der Waals surface area contributed by atoms with E-state index in [-0.39, 0.29) is 24.8 Å². The summed E-state index contributed by atoms with van der Waals surface area (Å²) in [6.07, 6.45) is 0.347. The van der Waals surface area contributed by atoms with Crippen LogP contribution in [0.1, 0.15) is 31.4 Å². The molecule has 1 saturated heterocycles. The van der Waals surface area contributed by atoms with E-state index in [2.05, 4.69) is 5.32 Å². The van der Waals surface area contributed by atoms with Crippen molar-refractivity contribution in [1.29, 1.82) is 0 Å². The van der Waals surface area contributed by atoms with Crippen LogP contribution in [0.4, 0.5) is 4.79 Å². The molecule has 144 valence electrons. The van der Waals surface area contributed by atoms with Gasteiger partial charge in [-0.3, -0.25) is 14.5 Å². The average molecular weight is 373 g/mol. The highest BCUT2D eigenvalue weighted by Gasteiger charge is 2.46. The molecule has 1 aromatic carbocycles. The van der Waals surface area contributed by atoms with Crippen molar-refractivity contribution >= 4 is 23.8 Å². The van der Waals surface area contributed by atoms with Crippen LogP contribution in [0, 0.1) is 5.92 Å². The third-order valence-electron chi connectivity index (χ3n) is 5.09. The van der Waals surface area contributed by atoms with Gasteiger partial charge in [0, 0.05) is 25.9 Å². The number of carboxylic acids is 1. The fourth-order valence-corrected chi connectivity index (χ4v) is 3.55. The van der Waals surface area contributed by atoms with Crippen molar-refractivity contribution in [3.8, 4) is 0 Å². The Morgan fingerprint density at radius 3 is 2.52 bits per heavy atom. The topological polar surface area (TPSA) is 107 Å². The molecular formula is C19H23N3O5. The Bertz CT molecular complexity index is 748. The van der Waals surface area contributed by atoms with Gasteiger partial charge in [0.1, 0.15) is 12.1 Å². The number of carboxylic acid groups (broad SMARTS) is 1. The van der Waals surface area contributed by atoms with E-state index in [1.54, 1.807) is 13.8 Å². The molecule has 2 N–H and O–H groups in total. The van der Waals surface area contributed by atoms with Crippen molar-refractivity contribution in [1.82, 2.24) is 15.1 Å². The highest BCUT2D eigenvalue weighted by Crippen LogP contribution is 2.29. The van der Waals surface area contributed by atoms with Gasteiger partial charge in [-0.1, -0.05) is 38.1 Å². The molecule has 2 aliphatic rings. The number of carbonyl (C=O) groups is 4. The number of amides is 4. The molecule has 2 aliphatic heterocycles. The van der Waals surface area contributed by atoms with Gasteiger partial charge in [0.2, 0.25) is 5.91 Å². The number of imide groups is 1. The number of fused-ring (bicyclic) bond motifs is 2. The maximum absolute atomic E-state index is 12.6. The summed E-state index contributed by atoms with van der Waals surface area (Å²) < 4.78 is 0. The number of benzene rings is 1. The first-order valence-electron chi connectivity index (χ1n) is 9.00. The molecule has 27 heavy (non-hydrogen) atoms. The summed E-state index contributed by atoms with van der Waals surface area (Å²) in [5, 5.41) is 11.6. The van der Waals surface area contributed by atoms with Crippen LogP contribution in [-0.2, 0) is 27.3 Å². The van der Waals surface area contributed by atoms with Crippen molar-refractivity contribution in [2.45, 2.75) is 45.3 Å². The summed E-state index contributed by atoms with van der Waals surface area (Å²) in [4.78, 5) is 51.2. The molecule has 0 radical (unpaired) electrons. The summed E-state index contributed by atoms with van der Waals surface area (Å²) in [7, 11) is 0. The van der Waals surface area contributed by atoms with E-state index in [9.17, 15) is 19.2 Å². The van der Waals surface area contributed by atoms with Gasteiger partial charge in [-0.2, -0.15) is 0 Å². The van der Waals surface area contributed by atoms with E-state index in [4.69, 9.17) is 5.11 Å². The van der Waals surface area contributed by atoms with Crippen LogP contribution in [-0.4, -0.2) is 57.3 Å². The number of nitrogens with one attached hydrogen (secondary N) is 1. The zero-order valence-electron chi connectivity index (χ0n) is 15.3. The quantitative estimate of drug-likeness (QED) is 0.723. The maximum Gasteiger partial charge on any atom is 0.327 e. The minimum absolute atomic E-state index is 0.0583. The van der Waals surface area contributed by atoms with Crippen molar-refractivity contribution in [2.24, 2.45) is 5.92 Å². The first kappa shape index (κ1) is 18.9. The maximum atomic E-state index is 12.6. The molecule has 0 aliphatic carbocycles. The predicted octanol–water partition coefficient (Wildman–Crippen LogP) is 0.991. The number of nitrogens with zero attached hydrogens (tertiary/aromatic N) is 2. The van der Waals surface area contributed by atoms with Gasteiger partial charge in [-0.15, -0.1) is 0 Å². The van der Waals surface area contributed by atoms with E-state index in [1.807, 2.05) is 24.3 Å². The second kappa shape index (κ2) is 7.38. The Balaban J connectivity index is 1.62. The minimum atomic E-state index is -1.11. The average Bonchev–Trinajstić information content (AvgIpc) is 2.86. The lowest BCUT2D eigenvalue weighted by Gasteiger charge is -2.28. The Morgan fingerprint density at radius 2 is 1.89 bits per heavy atom. The molecule has 1 fully saturated rings. The van der Waals surface area contributed by atoms with E-state index in [0.717, 1.165) is 16.0 Å². The number of carbonyl (C=O) groups excluding carboxylic acids is 3. The number of hydrogen-bond donors (Lipinski definition) is 2. The van der Waals surface area contributed by atoms with Gasteiger partial charge >= 0.3 is 12.0 Å². The first-order valence-corrected chi connectivity index (χ1v) is 9.00. The van der Waals surface area contributed by atoms with E-state index < -0.39 is 30.0 Å². The zero-order valence-corrected chi connectivity index (χ0v) is 15.3. The molecule has 2 heterocycles. The van der Waals surface area contributed by atoms with Crippen LogP contribution in [0.15, 0.2) is 24.3 Å². The van der Waals surface area contributed by atoms with Crippen molar-refractivity contribution in [3.05, 3.63) is 35.4 Å². The van der Waals surface area contributed by atoms with Gasteiger partial charge in [0.25, 0.3) is 5.91 Å². The predicted molar refractivity (Wildman–Crippen MR) is 95.6 cm³/mol. The SMILES string of the molecule is CC(C)[C@H](NC(=O)CCN1C(=O)[C@@H]2Cc3ccccc3CN2C1=O)C(=O)O. The Kier molecular flexibility index (Phi) is 5.16. The van der Waals surface area contributed by atoms with Crippen molar-refractivity contribution < 1.29 is 24.3 Å². The lowest BCUT2D eigenvalue weighted by atomic mass is 9.95. The lowest BCUT2D eigenvalue weighted by Crippen LogP contribution is -2.45. The second-order valence-electron chi connectivity index (χ2n) is 7.27. The Labute approximate surface area is 157 Å². The third kappa shape index (κ3) is 3.65. The van der Waals surface area contributed by atoms with E-state index >= 15 is 0 Å². The van der Waals surface area contributed by atoms with Crippen LogP contribution >= 0.6 is 0 Å². The summed E-state index contributed by atoms with van der Waals surface area (Å²) in [6.45, 7) is 3.71. The van der Waals surface area contributed by atoms with Crippen LogP contribution < -0.4 is 5.32 Å². The van der Waals surface area contributed by atoms with Gasteiger partial charge < -0.3 is 15.3 Å². The summed E-state index contributed by atoms with van der Waals surface area (Å²) in [5.74, 6) is -2.18. The highest BCUT2D eigenvalue weighted by atomic mass is 16.4. The normalized spacial score (nSPS) is 19.7. The molecule has 0 saturated carbocycles. The summed E-state index contributed by atoms with van der Waals surface area (Å²) in [5.41, 5.74) is 2.08. The lowest BCUT2D eigenvalue weighted by molar-refractivity contribution is -0.143. The van der Waals surface area contributed by atoms with Crippen LogP contribution in [0.5, 0.6) is 0 Å². The fourth-order valence-electron chi connectivity index (χ4n) is 3.55. The molecule has 8 nitrogen and oxygen atoms in total. The standard InChI is InChI=1S/C19H23N3O5/c1-11(2)16(18(25)26)20-15(23)7-8-21-17(24)14-9-12-5-3-4-6-13(12)10-22(14)19(21)27/h3-6,11,14,16H,7-10H2,1-2H3,(H,20,23)(H,25,26)/t14-,16-/m0/s1. The van der Waals surface area contributed by atoms with Gasteiger partial charge in [0.15, 0.2) is 0 Å². The van der Waals surface area contributed by atoms with Crippen LogP contribution in [0.2, 0.25) is 0 Å². The molecule has 0 aromatic heterocycles. The molecule has 0 bridgehead atoms. The molecule has 2 atom stereocenters. The largest absolute Gasteiger partial charge is 0.480 e. The third-order valence-corrected chi connectivity index (χ3v) is 5.09. The monoisotopic (exact) mass is 373 g/mol. The minimum Gasteiger partial charge on any atom is -0.480 e. The van der Waals surface area contributed by atoms with Gasteiger partial charge in [-0.05, 0) is 17.0 Å². The molecule has 0 unspecified atom stereocenters. The Hall–Kier alpha value is -2.90. The van der Waals surface area contributed by atoms with E-state index in [1.165, 1.54) is 4.90 Å². The van der Waals surface area contributed by atoms with E-state index in [0.29, 0.717) is 13.0 Å². The van der Waals surface area contributed by atoms with Crippen LogP contribution in [0.25, 0.3) is 0 Å². The van der Waals surface area contributed by atoms with Gasteiger partial charge in [-0.25, -0.2) is 9.59 Å². The highest BCUT2D eigenvalue weighted by molar-refractivity contribution is 6.05. The van der Waals surface area contributed by atoms with Gasteiger partial charge in [0.05, 0.1) is 0 Å². The number of hydrogen-bond acceptors (Lipinski definition) is 4. The number of aliphatic carboxylic acids is 1. The zero-order chi connectivity index (χ0) is 19.7. The number of urea groups is 1. The first-order chi connectivity index (χ1) is 12.8. The molecular weight excluding hydrogens is 350 g/mol.